The number of benzene rings is 1. The number of rotatable bonds is 6. The minimum Gasteiger partial charge on any atom is -0.378 e. The Morgan fingerprint density at radius 2 is 1.89 bits per heavy atom. The van der Waals surface area contributed by atoms with Gasteiger partial charge in [0.05, 0.1) is 9.83 Å². The van der Waals surface area contributed by atoms with Crippen LogP contribution < -0.4 is 5.32 Å². The molecule has 1 atom stereocenters. The number of aryl methyl sites for hydroxylation is 1. The van der Waals surface area contributed by atoms with Crippen LogP contribution in [-0.2, 0) is 6.42 Å². The van der Waals surface area contributed by atoms with Crippen LogP contribution in [0.4, 0.5) is 5.69 Å². The molecular weight excluding hydrogens is 318 g/mol. The van der Waals surface area contributed by atoms with E-state index in [1.54, 1.807) is 11.3 Å². The Kier molecular flexibility index (Phi) is 5.46. The van der Waals surface area contributed by atoms with Gasteiger partial charge in [-0.1, -0.05) is 25.5 Å². The SMILES string of the molecule is CCCCc1ccc(NC(C)c2ccc(Br)s2)cc1. The molecule has 2 rings (SSSR count). The van der Waals surface area contributed by atoms with E-state index in [0.717, 1.165) is 0 Å². The Bertz CT molecular complexity index is 504. The molecule has 1 aromatic carbocycles. The molecule has 3 heteroatoms. The van der Waals surface area contributed by atoms with Crippen molar-refractivity contribution in [2.45, 2.75) is 39.2 Å². The number of thiophene rings is 1. The van der Waals surface area contributed by atoms with Gasteiger partial charge in [0.25, 0.3) is 0 Å². The maximum atomic E-state index is 3.54. The zero-order valence-electron chi connectivity index (χ0n) is 11.4. The van der Waals surface area contributed by atoms with Gasteiger partial charge in [-0.25, -0.2) is 0 Å². The molecule has 0 bridgehead atoms. The van der Waals surface area contributed by atoms with E-state index in [-0.39, 0.29) is 0 Å². The molecule has 0 aliphatic carbocycles. The first kappa shape index (κ1) is 14.6. The van der Waals surface area contributed by atoms with Crippen LogP contribution in [0, 0.1) is 0 Å². The molecule has 1 N–H and O–H groups in total. The van der Waals surface area contributed by atoms with E-state index in [1.807, 2.05) is 0 Å². The minimum atomic E-state index is 0.345. The number of halogens is 1. The zero-order chi connectivity index (χ0) is 13.7. The summed E-state index contributed by atoms with van der Waals surface area (Å²) < 4.78 is 1.19. The fourth-order valence-corrected chi connectivity index (χ4v) is 3.46. The van der Waals surface area contributed by atoms with Crippen molar-refractivity contribution < 1.29 is 0 Å². The second-order valence-corrected chi connectivity index (χ2v) is 7.30. The second-order valence-electron chi connectivity index (χ2n) is 4.81. The summed E-state index contributed by atoms with van der Waals surface area (Å²) in [5.74, 6) is 0. The van der Waals surface area contributed by atoms with Gasteiger partial charge in [-0.15, -0.1) is 11.3 Å². The molecule has 1 heterocycles. The van der Waals surface area contributed by atoms with Crippen LogP contribution in [0.2, 0.25) is 0 Å². The molecule has 0 aliphatic heterocycles. The summed E-state index contributed by atoms with van der Waals surface area (Å²) in [6.07, 6.45) is 3.71. The van der Waals surface area contributed by atoms with Crippen molar-refractivity contribution in [3.05, 3.63) is 50.6 Å². The van der Waals surface area contributed by atoms with Gasteiger partial charge in [-0.05, 0) is 65.5 Å². The fraction of sp³-hybridized carbons (Fsp3) is 0.375. The first-order valence-electron chi connectivity index (χ1n) is 6.79. The quantitative estimate of drug-likeness (QED) is 0.678. The van der Waals surface area contributed by atoms with Gasteiger partial charge in [-0.2, -0.15) is 0 Å². The average Bonchev–Trinajstić information content (AvgIpc) is 2.85. The van der Waals surface area contributed by atoms with Crippen LogP contribution >= 0.6 is 27.3 Å². The summed E-state index contributed by atoms with van der Waals surface area (Å²) in [6.45, 7) is 4.43. The lowest BCUT2D eigenvalue weighted by molar-refractivity contribution is 0.795. The molecule has 0 spiro atoms. The van der Waals surface area contributed by atoms with Crippen LogP contribution in [-0.4, -0.2) is 0 Å². The smallest absolute Gasteiger partial charge is 0.0702 e. The summed E-state index contributed by atoms with van der Waals surface area (Å²) in [5.41, 5.74) is 2.62. The molecule has 19 heavy (non-hydrogen) atoms. The van der Waals surface area contributed by atoms with Gasteiger partial charge in [-0.3, -0.25) is 0 Å². The van der Waals surface area contributed by atoms with Gasteiger partial charge < -0.3 is 5.32 Å². The molecule has 1 nitrogen and oxygen atoms in total. The molecule has 1 aromatic heterocycles. The predicted octanol–water partition coefficient (Wildman–Crippen LogP) is 6.03. The van der Waals surface area contributed by atoms with Crippen molar-refractivity contribution in [3.63, 3.8) is 0 Å². The monoisotopic (exact) mass is 337 g/mol. The molecule has 0 amide bonds. The molecule has 0 saturated carbocycles. The predicted molar refractivity (Wildman–Crippen MR) is 89.1 cm³/mol. The lowest BCUT2D eigenvalue weighted by Gasteiger charge is -2.14. The first-order chi connectivity index (χ1) is 9.19. The van der Waals surface area contributed by atoms with Gasteiger partial charge >= 0.3 is 0 Å². The Balaban J connectivity index is 1.95. The number of unbranched alkanes of at least 4 members (excludes halogenated alkanes) is 1. The van der Waals surface area contributed by atoms with E-state index >= 15 is 0 Å². The lowest BCUT2D eigenvalue weighted by Crippen LogP contribution is -2.04. The third-order valence-electron chi connectivity index (χ3n) is 3.18. The number of hydrogen-bond acceptors (Lipinski definition) is 2. The van der Waals surface area contributed by atoms with Crippen LogP contribution in [0.25, 0.3) is 0 Å². The Hall–Kier alpha value is -0.800. The highest BCUT2D eigenvalue weighted by molar-refractivity contribution is 9.11. The summed E-state index contributed by atoms with van der Waals surface area (Å²) in [5, 5.41) is 3.54. The first-order valence-corrected chi connectivity index (χ1v) is 8.40. The van der Waals surface area contributed by atoms with Gasteiger partial charge in [0.1, 0.15) is 0 Å². The summed E-state index contributed by atoms with van der Waals surface area (Å²) in [6, 6.07) is 13.4. The summed E-state index contributed by atoms with van der Waals surface area (Å²) in [7, 11) is 0. The van der Waals surface area contributed by atoms with Crippen molar-refractivity contribution >= 4 is 33.0 Å². The Labute approximate surface area is 128 Å². The summed E-state index contributed by atoms with van der Waals surface area (Å²) >= 11 is 5.29. The third-order valence-corrected chi connectivity index (χ3v) is 4.98. The van der Waals surface area contributed by atoms with Crippen LogP contribution in [0.1, 0.15) is 43.2 Å². The number of nitrogens with one attached hydrogen (secondary N) is 1. The highest BCUT2D eigenvalue weighted by Crippen LogP contribution is 2.29. The van der Waals surface area contributed by atoms with E-state index in [4.69, 9.17) is 0 Å². The topological polar surface area (TPSA) is 12.0 Å². The molecular formula is C16H20BrNS. The summed E-state index contributed by atoms with van der Waals surface area (Å²) in [4.78, 5) is 1.35. The third kappa shape index (κ3) is 4.36. The standard InChI is InChI=1S/C16H20BrNS/c1-3-4-5-13-6-8-14(9-7-13)18-12(2)15-10-11-16(17)19-15/h6-12,18H,3-5H2,1-2H3. The van der Waals surface area contributed by atoms with Crippen LogP contribution in [0.5, 0.6) is 0 Å². The Morgan fingerprint density at radius 3 is 2.47 bits per heavy atom. The van der Waals surface area contributed by atoms with Gasteiger partial charge in [0.2, 0.25) is 0 Å². The van der Waals surface area contributed by atoms with E-state index in [0.29, 0.717) is 6.04 Å². The highest BCUT2D eigenvalue weighted by Gasteiger charge is 2.07. The number of anilines is 1. The molecule has 0 saturated heterocycles. The van der Waals surface area contributed by atoms with E-state index in [2.05, 4.69) is 71.5 Å². The normalized spacial score (nSPS) is 12.4. The van der Waals surface area contributed by atoms with Gasteiger partial charge in [0.15, 0.2) is 0 Å². The van der Waals surface area contributed by atoms with Crippen molar-refractivity contribution in [1.29, 1.82) is 0 Å². The minimum absolute atomic E-state index is 0.345. The van der Waals surface area contributed by atoms with Gasteiger partial charge in [0, 0.05) is 10.6 Å². The molecule has 0 radical (unpaired) electrons. The molecule has 2 aromatic rings. The van der Waals surface area contributed by atoms with Crippen LogP contribution in [0.15, 0.2) is 40.2 Å². The average molecular weight is 338 g/mol. The molecule has 0 aliphatic rings. The molecule has 1 unspecified atom stereocenters. The zero-order valence-corrected chi connectivity index (χ0v) is 13.9. The Morgan fingerprint density at radius 1 is 1.16 bits per heavy atom. The van der Waals surface area contributed by atoms with E-state index < -0.39 is 0 Å². The maximum Gasteiger partial charge on any atom is 0.0702 e. The van der Waals surface area contributed by atoms with E-state index in [1.165, 1.54) is 39.2 Å². The lowest BCUT2D eigenvalue weighted by atomic mass is 10.1. The van der Waals surface area contributed by atoms with Crippen LogP contribution in [0.3, 0.4) is 0 Å². The van der Waals surface area contributed by atoms with Crippen molar-refractivity contribution in [2.75, 3.05) is 5.32 Å². The van der Waals surface area contributed by atoms with E-state index in [9.17, 15) is 0 Å². The van der Waals surface area contributed by atoms with Crippen molar-refractivity contribution in [1.82, 2.24) is 0 Å². The van der Waals surface area contributed by atoms with Crippen molar-refractivity contribution in [2.24, 2.45) is 0 Å². The van der Waals surface area contributed by atoms with Crippen molar-refractivity contribution in [3.8, 4) is 0 Å². The fourth-order valence-electron chi connectivity index (χ4n) is 2.03. The largest absolute Gasteiger partial charge is 0.378 e. The highest BCUT2D eigenvalue weighted by atomic mass is 79.9. The second kappa shape index (κ2) is 7.11. The maximum absolute atomic E-state index is 3.54. The molecule has 0 fully saturated rings. The molecule has 102 valence electrons. The number of hydrogen-bond donors (Lipinski definition) is 1.